The Labute approximate surface area is 338 Å². The molecule has 290 valence electrons. The quantitative estimate of drug-likeness (QED) is 0.159. The average Bonchev–Trinajstić information content (AvgIpc) is 3.89. The normalized spacial score (nSPS) is 20.9. The first-order valence-electron chi connectivity index (χ1n) is 17.6. The van der Waals surface area contributed by atoms with Crippen molar-refractivity contribution >= 4 is 63.7 Å². The molecule has 3 saturated heterocycles. The molecule has 7 rings (SSSR count). The number of likely N-dealkylation sites (tertiary alicyclic amines) is 2. The number of nitrogens with one attached hydrogen (secondary N) is 2. The summed E-state index contributed by atoms with van der Waals surface area (Å²) in [6, 6.07) is 13.3. The fourth-order valence-corrected chi connectivity index (χ4v) is 7.10. The Balaban J connectivity index is 0.00000217. The first kappa shape index (κ1) is 42.7. The maximum atomic E-state index is 13.3. The SMILES string of the molecule is C=C1C[C@@H](c2ncc(-c3ccc(C#Cc4ccc5nc([C@@H]6C[C@@]7(CCCO7)CN6C(=O)OC(C)(C)C)[nH]c5c4)cc3)[nH]2)N(C(=O)OC(C)(C)C)C1.S.S.S. The van der Waals surface area contributed by atoms with Crippen LogP contribution in [0.4, 0.5) is 9.59 Å². The van der Waals surface area contributed by atoms with Crippen LogP contribution >= 0.6 is 40.5 Å². The Morgan fingerprint density at radius 3 is 2.19 bits per heavy atom. The lowest BCUT2D eigenvalue weighted by molar-refractivity contribution is -0.0000159. The highest BCUT2D eigenvalue weighted by Gasteiger charge is 2.51. The van der Waals surface area contributed by atoms with E-state index in [1.165, 1.54) is 0 Å². The zero-order valence-electron chi connectivity index (χ0n) is 31.8. The minimum Gasteiger partial charge on any atom is -0.444 e. The Hall–Kier alpha value is -4.03. The van der Waals surface area contributed by atoms with Gasteiger partial charge in [-0.1, -0.05) is 36.1 Å². The molecule has 0 unspecified atom stereocenters. The number of aromatic nitrogens is 4. The van der Waals surface area contributed by atoms with Gasteiger partial charge in [0.05, 0.1) is 47.2 Å². The molecule has 4 aromatic rings. The predicted molar refractivity (Wildman–Crippen MR) is 225 cm³/mol. The number of hydrogen-bond donors (Lipinski definition) is 2. The Morgan fingerprint density at radius 1 is 0.889 bits per heavy atom. The van der Waals surface area contributed by atoms with Gasteiger partial charge in [0.2, 0.25) is 0 Å². The minimum absolute atomic E-state index is 0. The minimum atomic E-state index is -0.600. The lowest BCUT2D eigenvalue weighted by Crippen LogP contribution is -2.39. The van der Waals surface area contributed by atoms with E-state index in [9.17, 15) is 9.59 Å². The predicted octanol–water partition coefficient (Wildman–Crippen LogP) is 8.16. The molecule has 0 radical (unpaired) electrons. The largest absolute Gasteiger partial charge is 0.444 e. The summed E-state index contributed by atoms with van der Waals surface area (Å²) in [7, 11) is 0. The molecule has 14 heteroatoms. The molecule has 2 aromatic carbocycles. The molecule has 5 heterocycles. The zero-order chi connectivity index (χ0) is 36.1. The van der Waals surface area contributed by atoms with Gasteiger partial charge in [0.1, 0.15) is 22.9 Å². The van der Waals surface area contributed by atoms with Gasteiger partial charge in [0.25, 0.3) is 0 Å². The second-order valence-electron chi connectivity index (χ2n) is 15.9. The van der Waals surface area contributed by atoms with Crippen LogP contribution in [-0.2, 0) is 14.2 Å². The summed E-state index contributed by atoms with van der Waals surface area (Å²) in [5, 5.41) is 0. The van der Waals surface area contributed by atoms with Gasteiger partial charge in [0.15, 0.2) is 0 Å². The fourth-order valence-electron chi connectivity index (χ4n) is 7.10. The molecule has 0 bridgehead atoms. The molecule has 2 N–H and O–H groups in total. The number of carbonyl (C=O) groups excluding carboxylic acids is 2. The number of imidazole rings is 2. The van der Waals surface area contributed by atoms with Crippen LogP contribution in [0.5, 0.6) is 0 Å². The van der Waals surface area contributed by atoms with Crippen molar-refractivity contribution in [2.75, 3.05) is 19.7 Å². The number of hydrogen-bond acceptors (Lipinski definition) is 7. The second-order valence-corrected chi connectivity index (χ2v) is 15.9. The van der Waals surface area contributed by atoms with Crippen LogP contribution in [0.25, 0.3) is 22.3 Å². The smallest absolute Gasteiger partial charge is 0.411 e. The van der Waals surface area contributed by atoms with Crippen molar-refractivity contribution in [3.05, 3.63) is 83.6 Å². The highest BCUT2D eigenvalue weighted by Crippen LogP contribution is 2.45. The monoisotopic (exact) mass is 792 g/mol. The van der Waals surface area contributed by atoms with E-state index in [1.54, 1.807) is 16.0 Å². The lowest BCUT2D eigenvalue weighted by Gasteiger charge is -2.28. The van der Waals surface area contributed by atoms with Gasteiger partial charge in [-0.2, -0.15) is 40.5 Å². The summed E-state index contributed by atoms with van der Waals surface area (Å²) >= 11 is 0. The van der Waals surface area contributed by atoms with E-state index >= 15 is 0 Å². The average molecular weight is 793 g/mol. The van der Waals surface area contributed by atoms with Crippen LogP contribution in [0.15, 0.2) is 60.8 Å². The van der Waals surface area contributed by atoms with E-state index in [2.05, 4.69) is 33.4 Å². The van der Waals surface area contributed by atoms with Crippen molar-refractivity contribution < 1.29 is 23.8 Å². The highest BCUT2D eigenvalue weighted by atomic mass is 32.1. The first-order chi connectivity index (χ1) is 24.1. The van der Waals surface area contributed by atoms with Crippen molar-refractivity contribution in [3.8, 4) is 23.1 Å². The maximum absolute atomic E-state index is 13.3. The van der Waals surface area contributed by atoms with E-state index in [0.717, 1.165) is 57.7 Å². The Bertz CT molecular complexity index is 2050. The lowest BCUT2D eigenvalue weighted by atomic mass is 9.96. The number of fused-ring (bicyclic) bond motifs is 1. The Morgan fingerprint density at radius 2 is 1.54 bits per heavy atom. The molecule has 3 aliphatic rings. The summed E-state index contributed by atoms with van der Waals surface area (Å²) in [6.45, 7) is 17.0. The molecule has 2 aromatic heterocycles. The number of rotatable bonds is 3. The Kier molecular flexibility index (Phi) is 12.9. The van der Waals surface area contributed by atoms with E-state index < -0.39 is 11.2 Å². The number of H-pyrrole nitrogens is 2. The van der Waals surface area contributed by atoms with E-state index in [-0.39, 0.29) is 70.4 Å². The van der Waals surface area contributed by atoms with Gasteiger partial charge in [-0.3, -0.25) is 9.80 Å². The molecule has 0 aliphatic carbocycles. The van der Waals surface area contributed by atoms with E-state index in [1.807, 2.05) is 84.0 Å². The fraction of sp³-hybridized carbons (Fsp3) is 0.450. The summed E-state index contributed by atoms with van der Waals surface area (Å²) in [5.41, 5.74) is 4.61. The van der Waals surface area contributed by atoms with Crippen LogP contribution < -0.4 is 0 Å². The van der Waals surface area contributed by atoms with Crippen molar-refractivity contribution in [2.24, 2.45) is 0 Å². The molecule has 11 nitrogen and oxygen atoms in total. The van der Waals surface area contributed by atoms with Crippen molar-refractivity contribution in [1.29, 1.82) is 0 Å². The van der Waals surface area contributed by atoms with Crippen LogP contribution in [-0.4, -0.2) is 78.4 Å². The topological polar surface area (TPSA) is 126 Å². The molecule has 3 fully saturated rings. The molecular formula is C40H52N6O5S3. The van der Waals surface area contributed by atoms with Crippen LogP contribution in [0.3, 0.4) is 0 Å². The summed E-state index contributed by atoms with van der Waals surface area (Å²) in [4.78, 5) is 46.0. The molecule has 2 amide bonds. The van der Waals surface area contributed by atoms with Crippen molar-refractivity contribution in [1.82, 2.24) is 29.7 Å². The first-order valence-corrected chi connectivity index (χ1v) is 17.6. The maximum Gasteiger partial charge on any atom is 0.411 e. The third kappa shape index (κ3) is 9.42. The van der Waals surface area contributed by atoms with Crippen LogP contribution in [0.2, 0.25) is 0 Å². The number of aromatic amines is 2. The number of amides is 2. The summed E-state index contributed by atoms with van der Waals surface area (Å²) < 4.78 is 17.6. The molecule has 1 spiro atoms. The van der Waals surface area contributed by atoms with Crippen LogP contribution in [0.1, 0.15) is 102 Å². The molecule has 54 heavy (non-hydrogen) atoms. The van der Waals surface area contributed by atoms with E-state index in [0.29, 0.717) is 38.4 Å². The zero-order valence-corrected chi connectivity index (χ0v) is 34.8. The van der Waals surface area contributed by atoms with Crippen molar-refractivity contribution in [2.45, 2.75) is 96.1 Å². The summed E-state index contributed by atoms with van der Waals surface area (Å²) in [5.74, 6) is 7.98. The number of nitrogens with zero attached hydrogens (tertiary/aromatic N) is 4. The number of benzene rings is 2. The van der Waals surface area contributed by atoms with Gasteiger partial charge in [0, 0.05) is 30.7 Å². The molecular weight excluding hydrogens is 741 g/mol. The van der Waals surface area contributed by atoms with Crippen molar-refractivity contribution in [3.63, 3.8) is 0 Å². The third-order valence-corrected chi connectivity index (χ3v) is 9.37. The second kappa shape index (κ2) is 16.4. The molecule has 3 atom stereocenters. The molecule has 0 saturated carbocycles. The highest BCUT2D eigenvalue weighted by molar-refractivity contribution is 7.59. The van der Waals surface area contributed by atoms with Gasteiger partial charge in [-0.05, 0) is 96.7 Å². The summed E-state index contributed by atoms with van der Waals surface area (Å²) in [6.07, 6.45) is 4.27. The number of carbonyl (C=O) groups is 2. The molecule has 3 aliphatic heterocycles. The third-order valence-electron chi connectivity index (χ3n) is 9.37. The van der Waals surface area contributed by atoms with Gasteiger partial charge in [-0.15, -0.1) is 0 Å². The number of ether oxygens (including phenoxy) is 3. The van der Waals surface area contributed by atoms with Gasteiger partial charge in [-0.25, -0.2) is 19.6 Å². The van der Waals surface area contributed by atoms with Gasteiger partial charge >= 0.3 is 12.2 Å². The van der Waals surface area contributed by atoms with E-state index in [4.69, 9.17) is 19.2 Å². The van der Waals surface area contributed by atoms with Crippen LogP contribution in [0, 0.1) is 11.8 Å². The van der Waals surface area contributed by atoms with Gasteiger partial charge < -0.3 is 24.2 Å². The standard InChI is InChI=1S/C40H46N6O5.3H2S/c1-25-19-32(45(23-25)36(47)50-38(2,3)4)34-41-22-31(44-34)28-14-11-26(12-15-28)9-10-27-13-16-29-30(20-27)43-35(42-29)33-21-40(17-8-18-49-40)24-46(33)37(48)51-39(5,6)7;;;/h11-16,20,22,32-33H,1,8,17-19,21,23-24H2,2-7H3,(H,41,44)(H,42,43);3*1H2/t32-,33-,40-;;;/m0.../s1.